The molecular weight excluding hydrogens is 515 g/mol. The highest BCUT2D eigenvalue weighted by molar-refractivity contribution is 14.1. The number of methoxy groups -OCH3 is 1. The van der Waals surface area contributed by atoms with Crippen LogP contribution in [0.4, 0.5) is 11.4 Å². The maximum absolute atomic E-state index is 12.3. The Hall–Kier alpha value is -2.58. The Morgan fingerprint density at radius 2 is 1.93 bits per heavy atom. The molecule has 0 heterocycles. The zero-order chi connectivity index (χ0) is 21.5. The lowest BCUT2D eigenvalue weighted by atomic mass is 10.2. The average Bonchev–Trinajstić information content (AvgIpc) is 2.74. The fourth-order valence-electron chi connectivity index (χ4n) is 2.62. The molecule has 0 fully saturated rings. The van der Waals surface area contributed by atoms with Crippen LogP contribution in [0.2, 0.25) is 5.02 Å². The van der Waals surface area contributed by atoms with E-state index >= 15 is 0 Å². The van der Waals surface area contributed by atoms with Crippen molar-refractivity contribution in [3.63, 3.8) is 0 Å². The lowest BCUT2D eigenvalue weighted by molar-refractivity contribution is -0.118. The number of aryl methyl sites for hydroxylation is 1. The van der Waals surface area contributed by atoms with Crippen molar-refractivity contribution in [2.24, 2.45) is 4.99 Å². The zero-order valence-electron chi connectivity index (χ0n) is 16.5. The van der Waals surface area contributed by atoms with Crippen LogP contribution in [0.25, 0.3) is 0 Å². The van der Waals surface area contributed by atoms with Gasteiger partial charge in [0, 0.05) is 16.9 Å². The lowest BCUT2D eigenvalue weighted by Gasteiger charge is -2.14. The van der Waals surface area contributed by atoms with Crippen molar-refractivity contribution in [3.05, 3.63) is 80.4 Å². The van der Waals surface area contributed by atoms with Crippen LogP contribution in [-0.4, -0.2) is 25.8 Å². The average molecular weight is 535 g/mol. The number of halogens is 2. The molecule has 7 heteroatoms. The molecule has 0 aromatic heterocycles. The van der Waals surface area contributed by atoms with Crippen LogP contribution < -0.4 is 14.8 Å². The van der Waals surface area contributed by atoms with Gasteiger partial charge in [0.2, 0.25) is 0 Å². The number of nitrogens with one attached hydrogen (secondary N) is 1. The maximum atomic E-state index is 12.3. The molecule has 154 valence electrons. The second-order valence-electron chi connectivity index (χ2n) is 6.43. The number of amides is 1. The van der Waals surface area contributed by atoms with Crippen LogP contribution >= 0.6 is 34.2 Å². The highest BCUT2D eigenvalue weighted by atomic mass is 127. The van der Waals surface area contributed by atoms with Crippen molar-refractivity contribution in [2.75, 3.05) is 19.0 Å². The van der Waals surface area contributed by atoms with Gasteiger partial charge in [0.1, 0.15) is 0 Å². The van der Waals surface area contributed by atoms with Crippen molar-refractivity contribution in [2.45, 2.75) is 6.92 Å². The van der Waals surface area contributed by atoms with Crippen LogP contribution in [0.5, 0.6) is 11.5 Å². The molecule has 5 nitrogen and oxygen atoms in total. The fraction of sp³-hybridized carbons (Fsp3) is 0.130. The van der Waals surface area contributed by atoms with Crippen molar-refractivity contribution in [3.8, 4) is 11.5 Å². The van der Waals surface area contributed by atoms with Crippen LogP contribution in [0.15, 0.2) is 65.7 Å². The largest absolute Gasteiger partial charge is 0.493 e. The first-order chi connectivity index (χ1) is 14.5. The second-order valence-corrected chi connectivity index (χ2v) is 8.00. The molecule has 0 aliphatic rings. The van der Waals surface area contributed by atoms with Crippen LogP contribution in [0, 0.1) is 10.5 Å². The van der Waals surface area contributed by atoms with E-state index in [1.165, 1.54) is 0 Å². The molecule has 0 saturated carbocycles. The van der Waals surface area contributed by atoms with Crippen molar-refractivity contribution < 1.29 is 14.3 Å². The number of para-hydroxylation sites is 1. The summed E-state index contributed by atoms with van der Waals surface area (Å²) in [6.45, 7) is 1.74. The minimum absolute atomic E-state index is 0.157. The summed E-state index contributed by atoms with van der Waals surface area (Å²) in [5, 5.41) is 3.37. The number of hydrogen-bond acceptors (Lipinski definition) is 4. The molecular formula is C23H20ClIN2O3. The molecule has 30 heavy (non-hydrogen) atoms. The number of carbonyl (C=O) groups excluding carboxylic acids is 1. The van der Waals surface area contributed by atoms with Gasteiger partial charge in [-0.2, -0.15) is 0 Å². The van der Waals surface area contributed by atoms with Crippen LogP contribution in [0.1, 0.15) is 11.1 Å². The first kappa shape index (κ1) is 22.1. The van der Waals surface area contributed by atoms with Gasteiger partial charge in [-0.15, -0.1) is 0 Å². The molecule has 0 saturated heterocycles. The number of rotatable bonds is 7. The minimum Gasteiger partial charge on any atom is -0.493 e. The number of benzene rings is 3. The topological polar surface area (TPSA) is 59.9 Å². The van der Waals surface area contributed by atoms with Crippen LogP contribution in [0.3, 0.4) is 0 Å². The summed E-state index contributed by atoms with van der Waals surface area (Å²) in [4.78, 5) is 16.7. The number of hydrogen-bond donors (Lipinski definition) is 1. The third-order valence-corrected chi connectivity index (χ3v) is 5.38. The monoisotopic (exact) mass is 534 g/mol. The predicted octanol–water partition coefficient (Wildman–Crippen LogP) is 6.03. The Labute approximate surface area is 194 Å². The van der Waals surface area contributed by atoms with Crippen molar-refractivity contribution in [1.29, 1.82) is 0 Å². The Morgan fingerprint density at radius 1 is 1.17 bits per heavy atom. The summed E-state index contributed by atoms with van der Waals surface area (Å²) in [5.41, 5.74) is 3.29. The van der Waals surface area contributed by atoms with E-state index in [1.54, 1.807) is 25.5 Å². The van der Waals surface area contributed by atoms with Crippen molar-refractivity contribution in [1.82, 2.24) is 0 Å². The van der Waals surface area contributed by atoms with Gasteiger partial charge in [0.25, 0.3) is 5.91 Å². The molecule has 1 N–H and O–H groups in total. The van der Waals surface area contributed by atoms with E-state index in [0.717, 1.165) is 20.4 Å². The Kier molecular flexibility index (Phi) is 7.70. The van der Waals surface area contributed by atoms with E-state index in [2.05, 4.69) is 32.9 Å². The molecule has 0 aliphatic carbocycles. The first-order valence-electron chi connectivity index (χ1n) is 9.11. The number of aliphatic imine (C=N–C) groups is 1. The third kappa shape index (κ3) is 5.96. The van der Waals surface area contributed by atoms with Gasteiger partial charge in [0.15, 0.2) is 18.1 Å². The summed E-state index contributed by atoms with van der Waals surface area (Å²) in [6, 6.07) is 18.8. The third-order valence-electron chi connectivity index (χ3n) is 4.17. The number of nitrogens with zero attached hydrogens (tertiary/aromatic N) is 1. The SMILES string of the molecule is COc1cc(C=Nc2ccccc2)cc(I)c1OCC(=O)Nc1ccc(C)c(Cl)c1. The summed E-state index contributed by atoms with van der Waals surface area (Å²) in [5.74, 6) is 0.747. The quantitative estimate of drug-likeness (QED) is 0.297. The molecule has 0 atom stereocenters. The molecule has 3 rings (SSSR count). The summed E-state index contributed by atoms with van der Waals surface area (Å²) in [6.07, 6.45) is 1.76. The van der Waals surface area contributed by atoms with E-state index in [9.17, 15) is 4.79 Å². The Morgan fingerprint density at radius 3 is 2.63 bits per heavy atom. The number of ether oxygens (including phenoxy) is 2. The molecule has 0 radical (unpaired) electrons. The standard InChI is InChI=1S/C23H20ClIN2O3/c1-15-8-9-18(12-19(15)24)27-22(28)14-30-23-20(25)10-16(11-21(23)29-2)13-26-17-6-4-3-5-7-17/h3-13H,14H2,1-2H3,(H,27,28). The normalized spacial score (nSPS) is 10.8. The summed E-state index contributed by atoms with van der Waals surface area (Å²) < 4.78 is 12.0. The van der Waals surface area contributed by atoms with Gasteiger partial charge in [-0.3, -0.25) is 9.79 Å². The van der Waals surface area contributed by atoms with Crippen LogP contribution in [-0.2, 0) is 4.79 Å². The molecule has 0 spiro atoms. The molecule has 1 amide bonds. The van der Waals surface area contributed by atoms with Gasteiger partial charge in [0.05, 0.1) is 16.4 Å². The molecule has 3 aromatic carbocycles. The van der Waals surface area contributed by atoms with E-state index in [4.69, 9.17) is 21.1 Å². The maximum Gasteiger partial charge on any atom is 0.262 e. The summed E-state index contributed by atoms with van der Waals surface area (Å²) >= 11 is 8.25. The van der Waals surface area contributed by atoms with E-state index in [0.29, 0.717) is 22.2 Å². The minimum atomic E-state index is -0.289. The summed E-state index contributed by atoms with van der Waals surface area (Å²) in [7, 11) is 1.56. The van der Waals surface area contributed by atoms with Gasteiger partial charge >= 0.3 is 0 Å². The first-order valence-corrected chi connectivity index (χ1v) is 10.6. The van der Waals surface area contributed by atoms with Gasteiger partial charge in [-0.25, -0.2) is 0 Å². The molecule has 0 bridgehead atoms. The van der Waals surface area contributed by atoms with Gasteiger partial charge in [-0.1, -0.05) is 35.9 Å². The number of anilines is 1. The lowest BCUT2D eigenvalue weighted by Crippen LogP contribution is -2.20. The zero-order valence-corrected chi connectivity index (χ0v) is 19.4. The Balaban J connectivity index is 1.68. The van der Waals surface area contributed by atoms with Crippen molar-refractivity contribution >= 4 is 57.7 Å². The number of carbonyl (C=O) groups is 1. The second kappa shape index (κ2) is 10.4. The Bertz CT molecular complexity index is 1070. The van der Waals surface area contributed by atoms with E-state index in [1.807, 2.05) is 55.5 Å². The van der Waals surface area contributed by atoms with E-state index < -0.39 is 0 Å². The fourth-order valence-corrected chi connectivity index (χ4v) is 3.58. The van der Waals surface area contributed by atoms with Gasteiger partial charge in [-0.05, 0) is 77.0 Å². The smallest absolute Gasteiger partial charge is 0.262 e. The highest BCUT2D eigenvalue weighted by Gasteiger charge is 2.13. The predicted molar refractivity (Wildman–Crippen MR) is 130 cm³/mol. The molecule has 0 aliphatic heterocycles. The highest BCUT2D eigenvalue weighted by Crippen LogP contribution is 2.33. The van der Waals surface area contributed by atoms with E-state index in [-0.39, 0.29) is 12.5 Å². The molecule has 0 unspecified atom stereocenters. The molecule has 3 aromatic rings. The van der Waals surface area contributed by atoms with Gasteiger partial charge < -0.3 is 14.8 Å².